The van der Waals surface area contributed by atoms with Gasteiger partial charge in [-0.25, -0.2) is 4.79 Å². The van der Waals surface area contributed by atoms with Gasteiger partial charge in [-0.15, -0.1) is 0 Å². The van der Waals surface area contributed by atoms with E-state index in [9.17, 15) is 4.79 Å². The molecule has 2 fully saturated rings. The van der Waals surface area contributed by atoms with Crippen LogP contribution in [0.3, 0.4) is 0 Å². The molecule has 19 heavy (non-hydrogen) atoms. The Labute approximate surface area is 115 Å². The fraction of sp³-hybridized carbons (Fsp3) is 0.867. The molecule has 1 spiro atoms. The molecular weight excluding hydrogens is 240 g/mol. The molecule has 0 N–H and O–H groups in total. The molecule has 4 nitrogen and oxygen atoms in total. The van der Waals surface area contributed by atoms with E-state index in [1.807, 2.05) is 25.7 Å². The number of carbonyl (C=O) groups excluding carboxylic acids is 1. The third-order valence-electron chi connectivity index (χ3n) is 4.36. The minimum Gasteiger partial charge on any atom is -0.444 e. The number of ether oxygens (including phenoxy) is 1. The highest BCUT2D eigenvalue weighted by Gasteiger charge is 2.42. The zero-order chi connectivity index (χ0) is 14.1. The first kappa shape index (κ1) is 14.2. The molecule has 1 saturated heterocycles. The number of amides is 1. The summed E-state index contributed by atoms with van der Waals surface area (Å²) in [6, 6.07) is 2.40. The number of hydrogen-bond acceptors (Lipinski definition) is 3. The van der Waals surface area contributed by atoms with Crippen LogP contribution in [-0.2, 0) is 4.74 Å². The second-order valence-corrected chi connectivity index (χ2v) is 7.04. The van der Waals surface area contributed by atoms with E-state index in [0.717, 1.165) is 45.2 Å². The van der Waals surface area contributed by atoms with E-state index < -0.39 is 5.60 Å². The van der Waals surface area contributed by atoms with E-state index >= 15 is 0 Å². The Balaban J connectivity index is 1.86. The normalized spacial score (nSPS) is 26.2. The number of hydrogen-bond donors (Lipinski definition) is 0. The van der Waals surface area contributed by atoms with Crippen LogP contribution >= 0.6 is 0 Å². The molecule has 1 heterocycles. The van der Waals surface area contributed by atoms with Crippen LogP contribution in [0, 0.1) is 22.7 Å². The molecule has 4 heteroatoms. The van der Waals surface area contributed by atoms with Crippen molar-refractivity contribution in [1.29, 1.82) is 5.26 Å². The lowest BCUT2D eigenvalue weighted by atomic mass is 9.76. The maximum Gasteiger partial charge on any atom is 0.410 e. The first-order chi connectivity index (χ1) is 8.84. The lowest BCUT2D eigenvalue weighted by molar-refractivity contribution is 0.0105. The van der Waals surface area contributed by atoms with Crippen LogP contribution in [-0.4, -0.2) is 29.7 Å². The third-order valence-corrected chi connectivity index (χ3v) is 4.36. The Morgan fingerprint density at radius 2 is 1.95 bits per heavy atom. The zero-order valence-corrected chi connectivity index (χ0v) is 12.2. The molecule has 2 rings (SSSR count). The summed E-state index contributed by atoms with van der Waals surface area (Å²) in [5, 5.41) is 9.01. The molecule has 1 aliphatic heterocycles. The van der Waals surface area contributed by atoms with Crippen LogP contribution in [0.15, 0.2) is 0 Å². The molecule has 106 valence electrons. The van der Waals surface area contributed by atoms with Gasteiger partial charge in [0.05, 0.1) is 6.07 Å². The van der Waals surface area contributed by atoms with Gasteiger partial charge in [0.1, 0.15) is 5.60 Å². The summed E-state index contributed by atoms with van der Waals surface area (Å²) in [4.78, 5) is 13.8. The Hall–Kier alpha value is -1.24. The molecule has 0 aromatic rings. The fourth-order valence-corrected chi connectivity index (χ4v) is 3.26. The topological polar surface area (TPSA) is 53.3 Å². The van der Waals surface area contributed by atoms with E-state index in [-0.39, 0.29) is 12.0 Å². The van der Waals surface area contributed by atoms with Gasteiger partial charge in [0.25, 0.3) is 0 Å². The van der Waals surface area contributed by atoms with Crippen LogP contribution in [0.4, 0.5) is 4.79 Å². The maximum absolute atomic E-state index is 12.0. The Kier molecular flexibility index (Phi) is 3.75. The van der Waals surface area contributed by atoms with Crippen molar-refractivity contribution in [3.8, 4) is 6.07 Å². The summed E-state index contributed by atoms with van der Waals surface area (Å²) >= 11 is 0. The molecule has 1 unspecified atom stereocenters. The minimum absolute atomic E-state index is 0.197. The summed E-state index contributed by atoms with van der Waals surface area (Å²) < 4.78 is 5.41. The van der Waals surface area contributed by atoms with Gasteiger partial charge in [-0.1, -0.05) is 0 Å². The standard InChI is InChI=1S/C15H24N2O2/c1-14(2,3)19-13(18)17-8-6-15(7-9-17)5-4-12(10-15)11-16/h12H,4-10H2,1-3H3. The number of piperidine rings is 1. The molecule has 1 atom stereocenters. The highest BCUT2D eigenvalue weighted by molar-refractivity contribution is 5.68. The van der Waals surface area contributed by atoms with E-state index in [2.05, 4.69) is 6.07 Å². The summed E-state index contributed by atoms with van der Waals surface area (Å²) in [5.74, 6) is 0.230. The average Bonchev–Trinajstić information content (AvgIpc) is 2.71. The van der Waals surface area contributed by atoms with E-state index in [0.29, 0.717) is 5.41 Å². The van der Waals surface area contributed by atoms with Gasteiger partial charge in [-0.3, -0.25) is 0 Å². The average molecular weight is 264 g/mol. The van der Waals surface area contributed by atoms with Crippen molar-refractivity contribution in [3.63, 3.8) is 0 Å². The molecule has 2 aliphatic rings. The molecule has 1 saturated carbocycles. The molecule has 1 amide bonds. The van der Waals surface area contributed by atoms with Gasteiger partial charge < -0.3 is 9.64 Å². The van der Waals surface area contributed by atoms with Gasteiger partial charge in [0.15, 0.2) is 0 Å². The molecule has 0 radical (unpaired) electrons. The van der Waals surface area contributed by atoms with Gasteiger partial charge in [-0.2, -0.15) is 5.26 Å². The van der Waals surface area contributed by atoms with Crippen molar-refractivity contribution in [1.82, 2.24) is 4.90 Å². The van der Waals surface area contributed by atoms with Gasteiger partial charge >= 0.3 is 6.09 Å². The monoisotopic (exact) mass is 264 g/mol. The van der Waals surface area contributed by atoms with Crippen molar-refractivity contribution < 1.29 is 9.53 Å². The minimum atomic E-state index is -0.425. The Morgan fingerprint density at radius 3 is 2.42 bits per heavy atom. The van der Waals surface area contributed by atoms with E-state index in [1.165, 1.54) is 0 Å². The van der Waals surface area contributed by atoms with E-state index in [1.54, 1.807) is 0 Å². The van der Waals surface area contributed by atoms with Crippen LogP contribution < -0.4 is 0 Å². The quantitative estimate of drug-likeness (QED) is 0.674. The number of carbonyl (C=O) groups is 1. The van der Waals surface area contributed by atoms with Gasteiger partial charge in [0, 0.05) is 19.0 Å². The second-order valence-electron chi connectivity index (χ2n) is 7.04. The van der Waals surface area contributed by atoms with Crippen molar-refractivity contribution in [2.75, 3.05) is 13.1 Å². The highest BCUT2D eigenvalue weighted by Crippen LogP contribution is 2.48. The van der Waals surface area contributed by atoms with Gasteiger partial charge in [0.2, 0.25) is 0 Å². The summed E-state index contributed by atoms with van der Waals surface area (Å²) in [6.07, 6.45) is 5.04. The van der Waals surface area contributed by atoms with Crippen LogP contribution in [0.5, 0.6) is 0 Å². The van der Waals surface area contributed by atoms with Crippen molar-refractivity contribution in [2.24, 2.45) is 11.3 Å². The van der Waals surface area contributed by atoms with E-state index in [4.69, 9.17) is 10.00 Å². The SMILES string of the molecule is CC(C)(C)OC(=O)N1CCC2(CCC(C#N)C2)CC1. The van der Waals surface area contributed by atoms with Crippen LogP contribution in [0.25, 0.3) is 0 Å². The second kappa shape index (κ2) is 5.03. The molecule has 1 aliphatic carbocycles. The Morgan fingerprint density at radius 1 is 1.32 bits per heavy atom. The van der Waals surface area contributed by atoms with Crippen LogP contribution in [0.2, 0.25) is 0 Å². The zero-order valence-electron chi connectivity index (χ0n) is 12.2. The summed E-state index contributed by atoms with van der Waals surface area (Å²) in [6.45, 7) is 7.22. The number of nitrogens with zero attached hydrogens (tertiary/aromatic N) is 2. The number of nitriles is 1. The molecule has 0 aromatic heterocycles. The van der Waals surface area contributed by atoms with Crippen molar-refractivity contribution in [2.45, 2.75) is 58.5 Å². The predicted molar refractivity (Wildman–Crippen MR) is 72.4 cm³/mol. The lowest BCUT2D eigenvalue weighted by Crippen LogP contribution is -2.44. The first-order valence-corrected chi connectivity index (χ1v) is 7.21. The number of rotatable bonds is 0. The first-order valence-electron chi connectivity index (χ1n) is 7.21. The van der Waals surface area contributed by atoms with Crippen molar-refractivity contribution >= 4 is 6.09 Å². The summed E-state index contributed by atoms with van der Waals surface area (Å²) in [7, 11) is 0. The maximum atomic E-state index is 12.0. The van der Waals surface area contributed by atoms with Crippen molar-refractivity contribution in [3.05, 3.63) is 0 Å². The highest BCUT2D eigenvalue weighted by atomic mass is 16.6. The fourth-order valence-electron chi connectivity index (χ4n) is 3.26. The third kappa shape index (κ3) is 3.40. The summed E-state index contributed by atoms with van der Waals surface area (Å²) in [5.41, 5.74) is -0.107. The Bertz CT molecular complexity index is 384. The smallest absolute Gasteiger partial charge is 0.410 e. The molecule has 0 aromatic carbocycles. The predicted octanol–water partition coefficient (Wildman–Crippen LogP) is 3.33. The number of likely N-dealkylation sites (tertiary alicyclic amines) is 1. The lowest BCUT2D eigenvalue weighted by Gasteiger charge is -2.39. The van der Waals surface area contributed by atoms with Crippen LogP contribution in [0.1, 0.15) is 52.9 Å². The molecule has 0 bridgehead atoms. The molecular formula is C15H24N2O2. The largest absolute Gasteiger partial charge is 0.444 e. The van der Waals surface area contributed by atoms with Gasteiger partial charge in [-0.05, 0) is 58.3 Å².